The maximum atomic E-state index is 12.0. The molecule has 2 atom stereocenters. The Bertz CT molecular complexity index is 241. The van der Waals surface area contributed by atoms with Gasteiger partial charge in [0.25, 0.3) is 0 Å². The van der Waals surface area contributed by atoms with Gasteiger partial charge in [-0.3, -0.25) is 9.13 Å². The van der Waals surface area contributed by atoms with E-state index < -0.39 is 15.4 Å². The molecule has 0 spiro atoms. The zero-order valence-corrected chi connectivity index (χ0v) is 12.0. The molecule has 16 heavy (non-hydrogen) atoms. The van der Waals surface area contributed by atoms with Crippen LogP contribution in [0.3, 0.4) is 0 Å². The summed E-state index contributed by atoms with van der Waals surface area (Å²) in [6.45, 7) is 7.61. The first-order valence-electron chi connectivity index (χ1n) is 4.80. The van der Waals surface area contributed by atoms with Crippen molar-refractivity contribution in [2.75, 3.05) is 12.8 Å². The molecule has 0 rings (SSSR count). The largest absolute Gasteiger partial charge is 0.365 e. The third-order valence-corrected chi connectivity index (χ3v) is 2.97. The topological polar surface area (TPSA) is 63.6 Å². The van der Waals surface area contributed by atoms with Gasteiger partial charge in [-0.1, -0.05) is 13.8 Å². The Labute approximate surface area is 95.5 Å². The van der Waals surface area contributed by atoms with Crippen molar-refractivity contribution in [2.45, 2.75) is 33.8 Å². The fourth-order valence-electron chi connectivity index (χ4n) is 0.827. The normalized spacial score (nSPS) is 18.6. The second-order valence-electron chi connectivity index (χ2n) is 4.09. The molecule has 0 aromatic heterocycles. The van der Waals surface area contributed by atoms with Gasteiger partial charge in [0.15, 0.2) is 0 Å². The first kappa shape index (κ1) is 18.6. The molecular weight excluding hydrogens is 260 g/mol. The van der Waals surface area contributed by atoms with Crippen LogP contribution in [-0.2, 0) is 13.7 Å². The fraction of sp³-hybridized carbons (Fsp3) is 1.00. The highest BCUT2D eigenvalue weighted by molar-refractivity contribution is 7.52. The van der Waals surface area contributed by atoms with Crippen molar-refractivity contribution in [2.24, 2.45) is 5.92 Å². The molecule has 1 N–H and O–H groups in total. The van der Waals surface area contributed by atoms with Crippen molar-refractivity contribution in [3.63, 3.8) is 0 Å². The van der Waals surface area contributed by atoms with Gasteiger partial charge < -0.3 is 9.42 Å². The lowest BCUT2D eigenvalue weighted by Gasteiger charge is -2.06. The van der Waals surface area contributed by atoms with Crippen LogP contribution in [0.2, 0.25) is 0 Å². The standard InChI is InChI=1S/2C4H10FO2P/c1-4(2)7-8(3,5)6;1-4(2)3-8(5,6)7/h4H,1-3H3;4H,3H2,1-2H3,(H,6,7). The Morgan fingerprint density at radius 2 is 1.56 bits per heavy atom. The van der Waals surface area contributed by atoms with Crippen molar-refractivity contribution >= 4 is 15.4 Å². The van der Waals surface area contributed by atoms with E-state index in [4.69, 9.17) is 4.89 Å². The molecule has 4 nitrogen and oxygen atoms in total. The number of hydrogen-bond donors (Lipinski definition) is 1. The first-order chi connectivity index (χ1) is 6.83. The van der Waals surface area contributed by atoms with Gasteiger partial charge in [-0.2, -0.15) is 8.39 Å². The van der Waals surface area contributed by atoms with Crippen LogP contribution in [0, 0.1) is 5.92 Å². The van der Waals surface area contributed by atoms with Crippen LogP contribution in [-0.4, -0.2) is 23.8 Å². The average molecular weight is 280 g/mol. The smallest absolute Gasteiger partial charge is 0.321 e. The maximum Gasteiger partial charge on any atom is 0.365 e. The van der Waals surface area contributed by atoms with Gasteiger partial charge >= 0.3 is 15.4 Å². The summed E-state index contributed by atoms with van der Waals surface area (Å²) in [5.74, 6) is -0.0455. The van der Waals surface area contributed by atoms with Gasteiger partial charge in [0.05, 0.1) is 12.3 Å². The molecule has 100 valence electrons. The summed E-state index contributed by atoms with van der Waals surface area (Å²) in [6, 6.07) is 0. The molecule has 8 heteroatoms. The van der Waals surface area contributed by atoms with Crippen LogP contribution in [0.1, 0.15) is 27.7 Å². The highest BCUT2D eigenvalue weighted by Crippen LogP contribution is 2.45. The Kier molecular flexibility index (Phi) is 8.77. The molecule has 2 unspecified atom stereocenters. The van der Waals surface area contributed by atoms with E-state index in [1.165, 1.54) is 0 Å². The molecule has 0 amide bonds. The second-order valence-corrected chi connectivity index (χ2v) is 7.40. The average Bonchev–Trinajstić information content (AvgIpc) is 1.72. The summed E-state index contributed by atoms with van der Waals surface area (Å²) in [5.41, 5.74) is 0. The van der Waals surface area contributed by atoms with Gasteiger partial charge in [-0.25, -0.2) is 0 Å². The summed E-state index contributed by atoms with van der Waals surface area (Å²) in [5, 5.41) is 0. The summed E-state index contributed by atoms with van der Waals surface area (Å²) in [6.07, 6.45) is -0.525. The quantitative estimate of drug-likeness (QED) is 0.790. The van der Waals surface area contributed by atoms with E-state index >= 15 is 0 Å². The Hall–Kier alpha value is 0.240. The SMILES string of the molecule is CC(C)CP(=O)(O)F.CC(C)OP(C)(=O)F. The Balaban J connectivity index is 0. The predicted octanol–water partition coefficient (Wildman–Crippen LogP) is 4.00. The zero-order valence-electron chi connectivity index (χ0n) is 10.2. The lowest BCUT2D eigenvalue weighted by molar-refractivity contribution is 0.227. The zero-order chi connectivity index (χ0) is 13.6. The van der Waals surface area contributed by atoms with Crippen LogP contribution in [0.15, 0.2) is 0 Å². The summed E-state index contributed by atoms with van der Waals surface area (Å²) >= 11 is 0. The Morgan fingerprint density at radius 1 is 1.19 bits per heavy atom. The molecule has 0 aliphatic heterocycles. The van der Waals surface area contributed by atoms with E-state index in [-0.39, 0.29) is 18.2 Å². The molecule has 0 saturated carbocycles. The lowest BCUT2D eigenvalue weighted by Crippen LogP contribution is -1.96. The van der Waals surface area contributed by atoms with Crippen molar-refractivity contribution in [3.05, 3.63) is 0 Å². The van der Waals surface area contributed by atoms with Gasteiger partial charge in [0.2, 0.25) is 0 Å². The van der Waals surface area contributed by atoms with Crippen LogP contribution in [0.25, 0.3) is 0 Å². The van der Waals surface area contributed by atoms with Gasteiger partial charge in [0, 0.05) is 6.66 Å². The van der Waals surface area contributed by atoms with E-state index in [9.17, 15) is 17.5 Å². The molecule has 0 aliphatic carbocycles. The van der Waals surface area contributed by atoms with Crippen LogP contribution >= 0.6 is 15.4 Å². The van der Waals surface area contributed by atoms with Crippen LogP contribution in [0.5, 0.6) is 0 Å². The van der Waals surface area contributed by atoms with E-state index in [1.807, 2.05) is 0 Å². The number of halogens is 2. The highest BCUT2D eigenvalue weighted by atomic mass is 31.2. The van der Waals surface area contributed by atoms with E-state index in [1.54, 1.807) is 27.7 Å². The summed E-state index contributed by atoms with van der Waals surface area (Å²) < 4.78 is 48.1. The Morgan fingerprint density at radius 3 is 1.56 bits per heavy atom. The highest BCUT2D eigenvalue weighted by Gasteiger charge is 2.16. The molecule has 0 aromatic rings. The molecule has 0 aliphatic rings. The summed E-state index contributed by atoms with van der Waals surface area (Å²) in [4.78, 5) is 8.08. The molecule has 0 bridgehead atoms. The third-order valence-electron chi connectivity index (χ3n) is 0.989. The number of hydrogen-bond acceptors (Lipinski definition) is 3. The van der Waals surface area contributed by atoms with E-state index in [2.05, 4.69) is 4.52 Å². The molecule has 0 radical (unpaired) electrons. The van der Waals surface area contributed by atoms with Crippen molar-refractivity contribution < 1.29 is 26.9 Å². The third kappa shape index (κ3) is 23.8. The van der Waals surface area contributed by atoms with Gasteiger partial charge in [0.1, 0.15) is 0 Å². The van der Waals surface area contributed by atoms with Gasteiger partial charge in [-0.15, -0.1) is 0 Å². The van der Waals surface area contributed by atoms with Crippen molar-refractivity contribution in [3.8, 4) is 0 Å². The molecule has 0 aromatic carbocycles. The van der Waals surface area contributed by atoms with Crippen molar-refractivity contribution in [1.82, 2.24) is 0 Å². The molecule has 0 fully saturated rings. The minimum atomic E-state index is -4.22. The fourth-order valence-corrected chi connectivity index (χ4v) is 2.48. The van der Waals surface area contributed by atoms with Crippen LogP contribution in [0.4, 0.5) is 8.39 Å². The maximum absolute atomic E-state index is 12.0. The lowest BCUT2D eigenvalue weighted by atomic mass is 10.3. The van der Waals surface area contributed by atoms with Crippen LogP contribution < -0.4 is 0 Å². The van der Waals surface area contributed by atoms with E-state index in [0.29, 0.717) is 0 Å². The van der Waals surface area contributed by atoms with Gasteiger partial charge in [-0.05, 0) is 19.8 Å². The van der Waals surface area contributed by atoms with Crippen molar-refractivity contribution in [1.29, 1.82) is 0 Å². The summed E-state index contributed by atoms with van der Waals surface area (Å²) in [7, 11) is -7.94. The number of rotatable bonds is 4. The first-order valence-corrected chi connectivity index (χ1v) is 8.50. The minimum Gasteiger partial charge on any atom is -0.321 e. The van der Waals surface area contributed by atoms with E-state index in [0.717, 1.165) is 6.66 Å². The monoisotopic (exact) mass is 280 g/mol. The molecule has 0 saturated heterocycles. The second kappa shape index (κ2) is 7.54. The minimum absolute atomic E-state index is 0.0455. The molecular formula is C8H20F2O4P2. The predicted molar refractivity (Wildman–Crippen MR) is 61.5 cm³/mol. The molecule has 0 heterocycles.